The van der Waals surface area contributed by atoms with Crippen LogP contribution in [-0.2, 0) is 13.6 Å². The molecule has 126 valence electrons. The molecule has 0 aliphatic heterocycles. The molecule has 0 radical (unpaired) electrons. The van der Waals surface area contributed by atoms with E-state index >= 15 is 0 Å². The lowest BCUT2D eigenvalue weighted by molar-refractivity contribution is 0.415. The molecule has 0 saturated heterocycles. The maximum Gasteiger partial charge on any atom is 0.253 e. The number of pyridine rings is 1. The van der Waals surface area contributed by atoms with Crippen molar-refractivity contribution in [1.29, 1.82) is 0 Å². The molecule has 0 atom stereocenters. The van der Waals surface area contributed by atoms with Crippen LogP contribution in [0.15, 0.2) is 53.6 Å². The molecule has 2 aromatic carbocycles. The molecule has 2 aromatic heterocycles. The monoisotopic (exact) mass is 334 g/mol. The van der Waals surface area contributed by atoms with Gasteiger partial charge in [-0.2, -0.15) is 0 Å². The molecule has 25 heavy (non-hydrogen) atoms. The van der Waals surface area contributed by atoms with E-state index < -0.39 is 0 Å². The molecule has 4 rings (SSSR count). The smallest absolute Gasteiger partial charge is 0.253 e. The van der Waals surface area contributed by atoms with Crippen molar-refractivity contribution in [3.8, 4) is 5.75 Å². The number of nitrogens with zero attached hydrogens (tertiary/aromatic N) is 2. The maximum absolute atomic E-state index is 12.3. The lowest BCUT2D eigenvalue weighted by Crippen LogP contribution is -2.15. The third-order valence-corrected chi connectivity index (χ3v) is 4.34. The Morgan fingerprint density at radius 1 is 1.20 bits per heavy atom. The minimum Gasteiger partial charge on any atom is -0.497 e. The summed E-state index contributed by atoms with van der Waals surface area (Å²) in [6.07, 6.45) is 1.79. The summed E-state index contributed by atoms with van der Waals surface area (Å²) in [4.78, 5) is 19.5. The van der Waals surface area contributed by atoms with Gasteiger partial charge in [-0.3, -0.25) is 4.79 Å². The van der Waals surface area contributed by atoms with Crippen molar-refractivity contribution in [3.05, 3.63) is 64.7 Å². The van der Waals surface area contributed by atoms with Crippen LogP contribution < -0.4 is 15.6 Å². The van der Waals surface area contributed by atoms with Gasteiger partial charge in [0.25, 0.3) is 5.56 Å². The predicted molar refractivity (Wildman–Crippen MR) is 99.2 cm³/mol. The molecular weight excluding hydrogens is 316 g/mol. The number of methoxy groups -OCH3 is 1. The van der Waals surface area contributed by atoms with Crippen LogP contribution in [0.1, 0.15) is 5.56 Å². The van der Waals surface area contributed by atoms with E-state index in [1.54, 1.807) is 13.4 Å². The number of H-pyrrole nitrogens is 1. The number of hydrogen-bond acceptors (Lipinski definition) is 4. The van der Waals surface area contributed by atoms with Crippen molar-refractivity contribution < 1.29 is 4.74 Å². The van der Waals surface area contributed by atoms with Gasteiger partial charge >= 0.3 is 0 Å². The van der Waals surface area contributed by atoms with E-state index in [0.717, 1.165) is 33.4 Å². The van der Waals surface area contributed by atoms with Gasteiger partial charge in [0.15, 0.2) is 0 Å². The van der Waals surface area contributed by atoms with Gasteiger partial charge < -0.3 is 19.6 Å². The highest BCUT2D eigenvalue weighted by atomic mass is 16.5. The summed E-state index contributed by atoms with van der Waals surface area (Å²) in [5, 5.41) is 4.24. The minimum atomic E-state index is -0.0934. The Bertz CT molecular complexity index is 1130. The Morgan fingerprint density at radius 2 is 2.08 bits per heavy atom. The van der Waals surface area contributed by atoms with Crippen molar-refractivity contribution in [2.24, 2.45) is 7.05 Å². The molecule has 0 fully saturated rings. The van der Waals surface area contributed by atoms with Crippen molar-refractivity contribution in [2.75, 3.05) is 12.4 Å². The highest BCUT2D eigenvalue weighted by molar-refractivity contribution is 5.81. The molecule has 0 saturated carbocycles. The second kappa shape index (κ2) is 5.98. The number of aromatic nitrogens is 3. The van der Waals surface area contributed by atoms with Gasteiger partial charge in [0.1, 0.15) is 5.75 Å². The van der Waals surface area contributed by atoms with E-state index in [2.05, 4.69) is 15.3 Å². The van der Waals surface area contributed by atoms with Crippen LogP contribution in [0.5, 0.6) is 5.75 Å². The summed E-state index contributed by atoms with van der Waals surface area (Å²) >= 11 is 0. The first kappa shape index (κ1) is 15.3. The topological polar surface area (TPSA) is 71.9 Å². The number of benzene rings is 2. The van der Waals surface area contributed by atoms with Crippen molar-refractivity contribution in [2.45, 2.75) is 6.54 Å². The predicted octanol–water partition coefficient (Wildman–Crippen LogP) is 3.04. The van der Waals surface area contributed by atoms with Gasteiger partial charge in [-0.15, -0.1) is 0 Å². The Balaban J connectivity index is 1.62. The largest absolute Gasteiger partial charge is 0.497 e. The number of imidazole rings is 1. The first-order valence-corrected chi connectivity index (χ1v) is 7.99. The lowest BCUT2D eigenvalue weighted by atomic mass is 10.1. The number of ether oxygens (including phenoxy) is 1. The zero-order chi connectivity index (χ0) is 17.4. The molecule has 0 amide bonds. The van der Waals surface area contributed by atoms with E-state index in [9.17, 15) is 4.79 Å². The Morgan fingerprint density at radius 3 is 2.92 bits per heavy atom. The standard InChI is InChI=1S/C19H18N4O2/c1-23-11-21-17-9-14(3-6-18(17)23)20-10-13-7-12-8-15(25-2)4-5-16(12)22-19(13)24/h3-9,11,20H,10H2,1-2H3,(H,22,24). The molecule has 6 heteroatoms. The van der Waals surface area contributed by atoms with Crippen LogP contribution in [-0.4, -0.2) is 21.6 Å². The first-order valence-electron chi connectivity index (χ1n) is 7.99. The normalized spacial score (nSPS) is 11.1. The quantitative estimate of drug-likeness (QED) is 0.602. The summed E-state index contributed by atoms with van der Waals surface area (Å²) in [6, 6.07) is 13.5. The number of fused-ring (bicyclic) bond motifs is 2. The average molecular weight is 334 g/mol. The van der Waals surface area contributed by atoms with Crippen molar-refractivity contribution >= 4 is 27.6 Å². The molecule has 0 aliphatic carbocycles. The molecule has 0 aliphatic rings. The fraction of sp³-hybridized carbons (Fsp3) is 0.158. The van der Waals surface area contributed by atoms with Gasteiger partial charge in [-0.1, -0.05) is 0 Å². The van der Waals surface area contributed by atoms with Gasteiger partial charge in [-0.05, 0) is 42.5 Å². The van der Waals surface area contributed by atoms with Gasteiger partial charge in [0.05, 0.1) is 24.5 Å². The summed E-state index contributed by atoms with van der Waals surface area (Å²) in [6.45, 7) is 0.431. The average Bonchev–Trinajstić information content (AvgIpc) is 3.00. The number of rotatable bonds is 4. The van der Waals surface area contributed by atoms with Crippen LogP contribution in [0.4, 0.5) is 5.69 Å². The molecule has 0 bridgehead atoms. The van der Waals surface area contributed by atoms with Gasteiger partial charge in [-0.25, -0.2) is 4.98 Å². The minimum absolute atomic E-state index is 0.0934. The Kier molecular flexibility index (Phi) is 3.65. The van der Waals surface area contributed by atoms with Gasteiger partial charge in [0.2, 0.25) is 0 Å². The molecule has 2 heterocycles. The Labute approximate surface area is 144 Å². The van der Waals surface area contributed by atoms with Crippen LogP contribution in [0.3, 0.4) is 0 Å². The van der Waals surface area contributed by atoms with Gasteiger partial charge in [0, 0.05) is 35.7 Å². The van der Waals surface area contributed by atoms with E-state index in [1.807, 2.05) is 54.1 Å². The SMILES string of the molecule is COc1ccc2[nH]c(=O)c(CNc3ccc4c(c3)ncn4C)cc2c1. The Hall–Kier alpha value is -3.28. The zero-order valence-corrected chi connectivity index (χ0v) is 14.0. The molecule has 0 spiro atoms. The summed E-state index contributed by atoms with van der Waals surface area (Å²) in [7, 11) is 3.59. The summed E-state index contributed by atoms with van der Waals surface area (Å²) in [5.74, 6) is 0.763. The molecule has 4 aromatic rings. The van der Waals surface area contributed by atoms with Crippen LogP contribution in [0, 0.1) is 0 Å². The number of aromatic amines is 1. The lowest BCUT2D eigenvalue weighted by Gasteiger charge is -2.08. The van der Waals surface area contributed by atoms with E-state index in [1.165, 1.54) is 0 Å². The second-order valence-electron chi connectivity index (χ2n) is 5.99. The van der Waals surface area contributed by atoms with E-state index in [0.29, 0.717) is 12.1 Å². The van der Waals surface area contributed by atoms with Crippen LogP contribution in [0.2, 0.25) is 0 Å². The fourth-order valence-electron chi connectivity index (χ4n) is 2.93. The first-order chi connectivity index (χ1) is 12.1. The number of hydrogen-bond donors (Lipinski definition) is 2. The third kappa shape index (κ3) is 2.82. The molecular formula is C19H18N4O2. The number of nitrogens with one attached hydrogen (secondary N) is 2. The fourth-order valence-corrected chi connectivity index (χ4v) is 2.93. The van der Waals surface area contributed by atoms with E-state index in [4.69, 9.17) is 4.74 Å². The van der Waals surface area contributed by atoms with Crippen LogP contribution >= 0.6 is 0 Å². The third-order valence-electron chi connectivity index (χ3n) is 4.34. The van der Waals surface area contributed by atoms with Crippen LogP contribution in [0.25, 0.3) is 21.9 Å². The highest BCUT2D eigenvalue weighted by Gasteiger charge is 2.06. The van der Waals surface area contributed by atoms with E-state index in [-0.39, 0.29) is 5.56 Å². The second-order valence-corrected chi connectivity index (χ2v) is 5.99. The highest BCUT2D eigenvalue weighted by Crippen LogP contribution is 2.20. The summed E-state index contributed by atoms with van der Waals surface area (Å²) < 4.78 is 7.22. The summed E-state index contributed by atoms with van der Waals surface area (Å²) in [5.41, 5.74) is 4.29. The zero-order valence-electron chi connectivity index (χ0n) is 14.0. The maximum atomic E-state index is 12.3. The number of anilines is 1. The van der Waals surface area contributed by atoms with Crippen molar-refractivity contribution in [3.63, 3.8) is 0 Å². The van der Waals surface area contributed by atoms with Crippen molar-refractivity contribution in [1.82, 2.24) is 14.5 Å². The molecule has 0 unspecified atom stereocenters. The molecule has 2 N–H and O–H groups in total. The number of aryl methyl sites for hydroxylation is 1. The molecule has 6 nitrogen and oxygen atoms in total.